The van der Waals surface area contributed by atoms with Crippen molar-refractivity contribution in [1.82, 2.24) is 4.98 Å². The van der Waals surface area contributed by atoms with Gasteiger partial charge in [0.15, 0.2) is 5.58 Å². The third-order valence-electron chi connectivity index (χ3n) is 2.53. The number of nitrogens with two attached hydrogens (primary N) is 1. The fourth-order valence-corrected chi connectivity index (χ4v) is 2.76. The van der Waals surface area contributed by atoms with E-state index in [1.807, 2.05) is 0 Å². The van der Waals surface area contributed by atoms with Crippen LogP contribution in [0.25, 0.3) is 11.1 Å². The molecule has 0 amide bonds. The van der Waals surface area contributed by atoms with Crippen molar-refractivity contribution in [3.63, 3.8) is 0 Å². The molecule has 2 N–H and O–H groups in total. The molecule has 0 saturated heterocycles. The highest BCUT2D eigenvalue weighted by atomic mass is 32.2. The van der Waals surface area contributed by atoms with E-state index < -0.39 is 39.8 Å². The van der Waals surface area contributed by atoms with Crippen LogP contribution in [0.5, 0.6) is 0 Å². The third-order valence-corrected chi connectivity index (χ3v) is 4.06. The molecule has 0 unspecified atom stereocenters. The van der Waals surface area contributed by atoms with Gasteiger partial charge in [-0.05, 0) is 24.6 Å². The molecule has 0 atom stereocenters. The molecule has 5 nitrogen and oxygen atoms in total. The number of fused-ring (bicyclic) bond motifs is 1. The lowest BCUT2D eigenvalue weighted by atomic mass is 10.3. The van der Waals surface area contributed by atoms with Crippen molar-refractivity contribution in [1.29, 1.82) is 0 Å². The molecule has 0 saturated carbocycles. The van der Waals surface area contributed by atoms with Gasteiger partial charge in [0.2, 0.25) is 9.84 Å². The zero-order chi connectivity index (χ0) is 15.0. The van der Waals surface area contributed by atoms with E-state index in [1.165, 1.54) is 18.2 Å². The van der Waals surface area contributed by atoms with Crippen molar-refractivity contribution in [2.45, 2.75) is 24.2 Å². The van der Waals surface area contributed by atoms with Crippen LogP contribution in [0.3, 0.4) is 0 Å². The van der Waals surface area contributed by atoms with Crippen molar-refractivity contribution in [2.24, 2.45) is 0 Å². The van der Waals surface area contributed by atoms with E-state index in [1.54, 1.807) is 0 Å². The summed E-state index contributed by atoms with van der Waals surface area (Å²) in [6.07, 6.45) is -6.09. The molecule has 0 aliphatic rings. The monoisotopic (exact) mass is 308 g/mol. The van der Waals surface area contributed by atoms with Gasteiger partial charge < -0.3 is 10.2 Å². The molecule has 20 heavy (non-hydrogen) atoms. The fraction of sp³-hybridized carbons (Fsp3) is 0.364. The second-order valence-corrected chi connectivity index (χ2v) is 6.23. The van der Waals surface area contributed by atoms with Gasteiger partial charge in [0.25, 0.3) is 0 Å². The zero-order valence-electron chi connectivity index (χ0n) is 10.1. The first-order valence-electron chi connectivity index (χ1n) is 5.63. The molecular weight excluding hydrogens is 297 g/mol. The lowest BCUT2D eigenvalue weighted by molar-refractivity contribution is -0.134. The van der Waals surface area contributed by atoms with Crippen molar-refractivity contribution in [2.75, 3.05) is 11.5 Å². The first-order valence-corrected chi connectivity index (χ1v) is 7.28. The normalized spacial score (nSPS) is 12.9. The summed E-state index contributed by atoms with van der Waals surface area (Å²) in [4.78, 5) is 3.74. The van der Waals surface area contributed by atoms with Crippen LogP contribution in [0.1, 0.15) is 12.8 Å². The van der Waals surface area contributed by atoms with Crippen LogP contribution in [0.4, 0.5) is 18.9 Å². The standard InChI is InChI=1S/C11H11F3N2O3S/c12-11(13,14)4-1-5-20(17,18)10-16-8-6-7(15)2-3-9(8)19-10/h2-3,6H,1,4-5,15H2. The molecule has 1 aromatic carbocycles. The second kappa shape index (κ2) is 4.97. The minimum Gasteiger partial charge on any atom is -0.428 e. The molecule has 0 fully saturated rings. The third kappa shape index (κ3) is 3.41. The molecule has 0 aliphatic heterocycles. The number of nitrogen functional groups attached to an aromatic ring is 1. The molecule has 110 valence electrons. The van der Waals surface area contributed by atoms with Gasteiger partial charge in [-0.3, -0.25) is 0 Å². The van der Waals surface area contributed by atoms with Gasteiger partial charge in [0.1, 0.15) is 5.52 Å². The van der Waals surface area contributed by atoms with Crippen molar-refractivity contribution in [3.8, 4) is 0 Å². The molecule has 1 heterocycles. The van der Waals surface area contributed by atoms with Gasteiger partial charge in [-0.2, -0.15) is 18.2 Å². The summed E-state index contributed by atoms with van der Waals surface area (Å²) < 4.78 is 64.7. The van der Waals surface area contributed by atoms with Crippen molar-refractivity contribution < 1.29 is 26.0 Å². The summed E-state index contributed by atoms with van der Waals surface area (Å²) in [5.74, 6) is -0.672. The Kier molecular flexibility index (Phi) is 3.63. The molecule has 2 aromatic rings. The highest BCUT2D eigenvalue weighted by molar-refractivity contribution is 7.91. The maximum Gasteiger partial charge on any atom is 0.389 e. The Morgan fingerprint density at radius 2 is 2.00 bits per heavy atom. The summed E-state index contributed by atoms with van der Waals surface area (Å²) in [5.41, 5.74) is 6.36. The molecule has 1 aromatic heterocycles. The zero-order valence-corrected chi connectivity index (χ0v) is 11.0. The number of oxazole rings is 1. The van der Waals surface area contributed by atoms with Gasteiger partial charge >= 0.3 is 11.4 Å². The Bertz CT molecular complexity index is 722. The summed E-state index contributed by atoms with van der Waals surface area (Å²) in [6.45, 7) is 0. The first-order chi connectivity index (χ1) is 9.17. The Hall–Kier alpha value is -1.77. The Balaban J connectivity index is 2.19. The highest BCUT2D eigenvalue weighted by Gasteiger charge is 2.29. The second-order valence-electron chi connectivity index (χ2n) is 4.24. The van der Waals surface area contributed by atoms with Crippen molar-refractivity contribution >= 4 is 26.6 Å². The topological polar surface area (TPSA) is 86.2 Å². The van der Waals surface area contributed by atoms with Crippen LogP contribution in [0.15, 0.2) is 27.8 Å². The number of halogens is 3. The maximum absolute atomic E-state index is 12.0. The molecule has 0 radical (unpaired) electrons. The number of anilines is 1. The van der Waals surface area contributed by atoms with E-state index >= 15 is 0 Å². The van der Waals surface area contributed by atoms with E-state index in [-0.39, 0.29) is 11.1 Å². The Morgan fingerprint density at radius 1 is 1.30 bits per heavy atom. The minimum absolute atomic E-state index is 0.216. The van der Waals surface area contributed by atoms with Gasteiger partial charge in [-0.1, -0.05) is 0 Å². The lowest BCUT2D eigenvalue weighted by Gasteiger charge is -2.04. The maximum atomic E-state index is 12.0. The summed E-state index contributed by atoms with van der Waals surface area (Å²) in [6, 6.07) is 4.38. The van der Waals surface area contributed by atoms with E-state index in [0.717, 1.165) is 0 Å². The lowest BCUT2D eigenvalue weighted by Crippen LogP contribution is -2.12. The number of benzene rings is 1. The average Bonchev–Trinajstić information content (AvgIpc) is 2.70. The molecule has 0 bridgehead atoms. The molecule has 9 heteroatoms. The summed E-state index contributed by atoms with van der Waals surface area (Å²) >= 11 is 0. The Morgan fingerprint density at radius 3 is 2.65 bits per heavy atom. The summed E-state index contributed by atoms with van der Waals surface area (Å²) in [5, 5.41) is -0.583. The average molecular weight is 308 g/mol. The van der Waals surface area contributed by atoms with Crippen LogP contribution < -0.4 is 5.73 Å². The van der Waals surface area contributed by atoms with E-state index in [0.29, 0.717) is 5.69 Å². The predicted molar refractivity (Wildman–Crippen MR) is 65.8 cm³/mol. The molecular formula is C11H11F3N2O3S. The number of nitrogens with zero attached hydrogens (tertiary/aromatic N) is 1. The van der Waals surface area contributed by atoms with Crippen molar-refractivity contribution in [3.05, 3.63) is 18.2 Å². The largest absolute Gasteiger partial charge is 0.428 e. The fourth-order valence-electron chi connectivity index (χ4n) is 1.61. The number of hydrogen-bond donors (Lipinski definition) is 1. The molecule has 2 rings (SSSR count). The van der Waals surface area contributed by atoms with E-state index in [9.17, 15) is 21.6 Å². The first kappa shape index (κ1) is 14.6. The molecule has 0 spiro atoms. The number of sulfone groups is 1. The number of alkyl halides is 3. The Labute approximate surface area is 112 Å². The van der Waals surface area contributed by atoms with Gasteiger partial charge in [0.05, 0.1) is 5.75 Å². The van der Waals surface area contributed by atoms with Crippen LogP contribution in [0, 0.1) is 0 Å². The summed E-state index contributed by atoms with van der Waals surface area (Å²) in [7, 11) is -3.98. The van der Waals surface area contributed by atoms with E-state index in [4.69, 9.17) is 10.2 Å². The smallest absolute Gasteiger partial charge is 0.389 e. The van der Waals surface area contributed by atoms with Crippen LogP contribution in [-0.2, 0) is 9.84 Å². The minimum atomic E-state index is -4.38. The number of rotatable bonds is 4. The quantitative estimate of drug-likeness (QED) is 0.877. The van der Waals surface area contributed by atoms with Gasteiger partial charge in [-0.15, -0.1) is 0 Å². The van der Waals surface area contributed by atoms with Gasteiger partial charge in [-0.25, -0.2) is 8.42 Å². The predicted octanol–water partition coefficient (Wildman–Crippen LogP) is 2.53. The van der Waals surface area contributed by atoms with E-state index in [2.05, 4.69) is 4.98 Å². The molecule has 0 aliphatic carbocycles. The van der Waals surface area contributed by atoms with Crippen LogP contribution in [-0.4, -0.2) is 25.3 Å². The SMILES string of the molecule is Nc1ccc2oc(S(=O)(=O)CCCC(F)(F)F)nc2c1. The van der Waals surface area contributed by atoms with Crippen LogP contribution >= 0.6 is 0 Å². The highest BCUT2D eigenvalue weighted by Crippen LogP contribution is 2.25. The number of hydrogen-bond acceptors (Lipinski definition) is 5. The van der Waals surface area contributed by atoms with Crippen LogP contribution in [0.2, 0.25) is 0 Å². The number of aromatic nitrogens is 1. The van der Waals surface area contributed by atoms with Gasteiger partial charge in [0, 0.05) is 12.1 Å².